The molecule has 0 aliphatic heterocycles. The van der Waals surface area contributed by atoms with Crippen LogP contribution < -0.4 is 10.6 Å². The molecule has 0 unspecified atom stereocenters. The molecule has 3 N–H and O–H groups in total. The van der Waals surface area contributed by atoms with E-state index in [1.807, 2.05) is 17.3 Å². The van der Waals surface area contributed by atoms with Crippen LogP contribution in [0.25, 0.3) is 0 Å². The molecule has 2 rings (SSSR count). The average molecular weight is 262 g/mol. The first kappa shape index (κ1) is 12.4. The minimum absolute atomic E-state index is 0.0651. The summed E-state index contributed by atoms with van der Waals surface area (Å²) >= 11 is 1.66. The van der Waals surface area contributed by atoms with E-state index in [1.165, 1.54) is 5.56 Å². The molecule has 2 heterocycles. The summed E-state index contributed by atoms with van der Waals surface area (Å²) in [6, 6.07) is 5.60. The van der Waals surface area contributed by atoms with Crippen molar-refractivity contribution in [1.82, 2.24) is 4.98 Å². The van der Waals surface area contributed by atoms with Crippen molar-refractivity contribution in [3.8, 4) is 0 Å². The van der Waals surface area contributed by atoms with Gasteiger partial charge in [-0.15, -0.1) is 0 Å². The molecule has 0 saturated heterocycles. The number of nitrogens with two attached hydrogens (primary N) is 1. The fourth-order valence-corrected chi connectivity index (χ4v) is 2.35. The van der Waals surface area contributed by atoms with Gasteiger partial charge in [0, 0.05) is 19.8 Å². The Hall–Kier alpha value is -2.08. The summed E-state index contributed by atoms with van der Waals surface area (Å²) in [6.45, 7) is 0.728. The van der Waals surface area contributed by atoms with Crippen molar-refractivity contribution < 1.29 is 5.21 Å². The lowest BCUT2D eigenvalue weighted by Crippen LogP contribution is -2.23. The molecule has 5 nitrogen and oxygen atoms in total. The van der Waals surface area contributed by atoms with Crippen LogP contribution >= 0.6 is 11.3 Å². The number of anilines is 1. The summed E-state index contributed by atoms with van der Waals surface area (Å²) in [5, 5.41) is 15.9. The molecule has 2 aromatic heterocycles. The third kappa shape index (κ3) is 2.60. The smallest absolute Gasteiger partial charge is 0.173 e. The Labute approximate surface area is 109 Å². The number of nitrogens with zero attached hydrogens (tertiary/aromatic N) is 3. The highest BCUT2D eigenvalue weighted by Gasteiger charge is 2.12. The van der Waals surface area contributed by atoms with Crippen molar-refractivity contribution in [3.63, 3.8) is 0 Å². The van der Waals surface area contributed by atoms with Gasteiger partial charge in [-0.3, -0.25) is 0 Å². The Kier molecular flexibility index (Phi) is 3.78. The first-order chi connectivity index (χ1) is 8.72. The number of aromatic nitrogens is 1. The molecule has 0 spiro atoms. The van der Waals surface area contributed by atoms with E-state index in [0.29, 0.717) is 11.4 Å². The van der Waals surface area contributed by atoms with Gasteiger partial charge in [-0.2, -0.15) is 11.3 Å². The summed E-state index contributed by atoms with van der Waals surface area (Å²) < 4.78 is 0. The topological polar surface area (TPSA) is 74.7 Å². The normalized spacial score (nSPS) is 11.5. The minimum atomic E-state index is 0.0651. The van der Waals surface area contributed by atoms with E-state index in [9.17, 15) is 0 Å². The maximum absolute atomic E-state index is 8.77. The Balaban J connectivity index is 2.27. The number of pyridine rings is 1. The highest BCUT2D eigenvalue weighted by atomic mass is 32.1. The fourth-order valence-electron chi connectivity index (χ4n) is 1.69. The monoisotopic (exact) mass is 262 g/mol. The number of hydrogen-bond donors (Lipinski definition) is 2. The third-order valence-corrected chi connectivity index (χ3v) is 3.26. The van der Waals surface area contributed by atoms with E-state index in [1.54, 1.807) is 29.7 Å². The van der Waals surface area contributed by atoms with Crippen molar-refractivity contribution in [2.75, 3.05) is 11.9 Å². The molecule has 18 heavy (non-hydrogen) atoms. The van der Waals surface area contributed by atoms with Gasteiger partial charge >= 0.3 is 0 Å². The van der Waals surface area contributed by atoms with E-state index in [0.717, 1.165) is 6.54 Å². The largest absolute Gasteiger partial charge is 0.409 e. The predicted molar refractivity (Wildman–Crippen MR) is 73.2 cm³/mol. The Morgan fingerprint density at radius 1 is 1.56 bits per heavy atom. The van der Waals surface area contributed by atoms with Crippen LogP contribution in [-0.2, 0) is 6.54 Å². The maximum atomic E-state index is 8.77. The number of oxime groups is 1. The SMILES string of the molecule is CN(Cc1ccsc1)c1ncccc1/C(N)=N/O. The molecule has 0 radical (unpaired) electrons. The lowest BCUT2D eigenvalue weighted by atomic mass is 10.2. The highest BCUT2D eigenvalue weighted by molar-refractivity contribution is 7.07. The number of amidine groups is 1. The average Bonchev–Trinajstić information content (AvgIpc) is 2.90. The number of rotatable bonds is 4. The van der Waals surface area contributed by atoms with Crippen LogP contribution in [0.1, 0.15) is 11.1 Å². The van der Waals surface area contributed by atoms with Gasteiger partial charge in [0.15, 0.2) is 5.84 Å². The van der Waals surface area contributed by atoms with Crippen LogP contribution in [0.5, 0.6) is 0 Å². The minimum Gasteiger partial charge on any atom is -0.409 e. The molecule has 0 bridgehead atoms. The summed E-state index contributed by atoms with van der Waals surface area (Å²) in [6.07, 6.45) is 1.69. The summed E-state index contributed by atoms with van der Waals surface area (Å²) in [5.41, 5.74) is 7.47. The summed E-state index contributed by atoms with van der Waals surface area (Å²) in [4.78, 5) is 6.25. The van der Waals surface area contributed by atoms with Crippen LogP contribution in [0.4, 0.5) is 5.82 Å². The van der Waals surface area contributed by atoms with Crippen LogP contribution in [0.2, 0.25) is 0 Å². The Morgan fingerprint density at radius 2 is 2.39 bits per heavy atom. The predicted octanol–water partition coefficient (Wildman–Crippen LogP) is 1.87. The molecule has 0 aromatic carbocycles. The second-order valence-corrected chi connectivity index (χ2v) is 4.63. The van der Waals surface area contributed by atoms with E-state index in [4.69, 9.17) is 10.9 Å². The second kappa shape index (κ2) is 5.50. The molecule has 0 fully saturated rings. The van der Waals surface area contributed by atoms with E-state index in [-0.39, 0.29) is 5.84 Å². The second-order valence-electron chi connectivity index (χ2n) is 3.85. The molecule has 0 saturated carbocycles. The van der Waals surface area contributed by atoms with Gasteiger partial charge < -0.3 is 15.8 Å². The Morgan fingerprint density at radius 3 is 3.06 bits per heavy atom. The number of thiophene rings is 1. The van der Waals surface area contributed by atoms with Crippen molar-refractivity contribution >= 4 is 23.0 Å². The zero-order chi connectivity index (χ0) is 13.0. The van der Waals surface area contributed by atoms with Crippen LogP contribution in [-0.4, -0.2) is 23.1 Å². The highest BCUT2D eigenvalue weighted by Crippen LogP contribution is 2.18. The first-order valence-corrected chi connectivity index (χ1v) is 6.31. The molecular weight excluding hydrogens is 248 g/mol. The standard InChI is InChI=1S/C12H14N4OS/c1-16(7-9-4-6-18-8-9)12-10(11(13)15-17)3-2-5-14-12/h2-6,8,17H,7H2,1H3,(H2,13,15). The van der Waals surface area contributed by atoms with Crippen molar-refractivity contribution in [3.05, 3.63) is 46.3 Å². The van der Waals surface area contributed by atoms with Gasteiger partial charge in [0.2, 0.25) is 0 Å². The maximum Gasteiger partial charge on any atom is 0.173 e. The van der Waals surface area contributed by atoms with Crippen molar-refractivity contribution in [2.45, 2.75) is 6.54 Å². The Bertz CT molecular complexity index is 539. The molecule has 94 valence electrons. The summed E-state index contributed by atoms with van der Waals surface area (Å²) in [5.74, 6) is 0.759. The van der Waals surface area contributed by atoms with Gasteiger partial charge in [0.25, 0.3) is 0 Å². The molecule has 6 heteroatoms. The van der Waals surface area contributed by atoms with Crippen molar-refractivity contribution in [2.24, 2.45) is 10.9 Å². The fraction of sp³-hybridized carbons (Fsp3) is 0.167. The lowest BCUT2D eigenvalue weighted by molar-refractivity contribution is 0.318. The molecule has 0 aliphatic carbocycles. The zero-order valence-corrected chi connectivity index (χ0v) is 10.8. The van der Waals surface area contributed by atoms with Gasteiger partial charge in [-0.25, -0.2) is 4.98 Å². The van der Waals surface area contributed by atoms with E-state index in [2.05, 4.69) is 21.6 Å². The van der Waals surface area contributed by atoms with Gasteiger partial charge in [-0.05, 0) is 34.5 Å². The van der Waals surface area contributed by atoms with Gasteiger partial charge in [0.1, 0.15) is 5.82 Å². The quantitative estimate of drug-likeness (QED) is 0.382. The molecule has 0 amide bonds. The lowest BCUT2D eigenvalue weighted by Gasteiger charge is -2.20. The van der Waals surface area contributed by atoms with Gasteiger partial charge in [-0.1, -0.05) is 5.16 Å². The molecular formula is C12H14N4OS. The molecule has 0 aliphatic rings. The van der Waals surface area contributed by atoms with Crippen molar-refractivity contribution in [1.29, 1.82) is 0 Å². The molecule has 2 aromatic rings. The van der Waals surface area contributed by atoms with E-state index < -0.39 is 0 Å². The van der Waals surface area contributed by atoms with Crippen LogP contribution in [0.15, 0.2) is 40.3 Å². The third-order valence-electron chi connectivity index (χ3n) is 2.53. The van der Waals surface area contributed by atoms with E-state index >= 15 is 0 Å². The van der Waals surface area contributed by atoms with Crippen LogP contribution in [0, 0.1) is 0 Å². The van der Waals surface area contributed by atoms with Crippen LogP contribution in [0.3, 0.4) is 0 Å². The summed E-state index contributed by atoms with van der Waals surface area (Å²) in [7, 11) is 1.92. The first-order valence-electron chi connectivity index (χ1n) is 5.37. The van der Waals surface area contributed by atoms with Gasteiger partial charge in [0.05, 0.1) is 5.56 Å². The number of hydrogen-bond acceptors (Lipinski definition) is 5. The molecule has 0 atom stereocenters. The zero-order valence-electron chi connectivity index (χ0n) is 9.95.